The highest BCUT2D eigenvalue weighted by molar-refractivity contribution is 5.73. The maximum absolute atomic E-state index is 10.5. The van der Waals surface area contributed by atoms with Crippen LogP contribution in [0.1, 0.15) is 12.8 Å². The highest BCUT2D eigenvalue weighted by atomic mass is 16.5. The third kappa shape index (κ3) is 3.66. The molecule has 1 aliphatic carbocycles. The van der Waals surface area contributed by atoms with E-state index in [2.05, 4.69) is 25.5 Å². The van der Waals surface area contributed by atoms with Crippen molar-refractivity contribution in [2.24, 2.45) is 11.8 Å². The standard InChI is InChI=1S/C22H23N5O3/c1-29-20-9-14(4-5-24-20)13-2-3-18(19(28)8-13)22-25-12-21(26-27-22)30-17-6-15-10-23-11-16(15)7-17/h2-5,8-9,12,15-17,23,28H,6-7,10-11H2,1H3/t15-,16+,17?. The zero-order valence-corrected chi connectivity index (χ0v) is 16.7. The third-order valence-electron chi connectivity index (χ3n) is 5.95. The van der Waals surface area contributed by atoms with Gasteiger partial charge in [-0.1, -0.05) is 6.07 Å². The van der Waals surface area contributed by atoms with Crippen molar-refractivity contribution in [3.8, 4) is 40.0 Å². The third-order valence-corrected chi connectivity index (χ3v) is 5.95. The molecule has 2 aliphatic rings. The van der Waals surface area contributed by atoms with E-state index in [0.29, 0.717) is 35.0 Å². The summed E-state index contributed by atoms with van der Waals surface area (Å²) in [5.41, 5.74) is 2.24. The first-order chi connectivity index (χ1) is 14.7. The molecule has 3 atom stereocenters. The molecule has 5 rings (SSSR count). The lowest BCUT2D eigenvalue weighted by molar-refractivity contribution is 0.188. The topological polar surface area (TPSA) is 102 Å². The summed E-state index contributed by atoms with van der Waals surface area (Å²) in [6, 6.07) is 9.01. The van der Waals surface area contributed by atoms with Crippen LogP contribution in [0.15, 0.2) is 42.7 Å². The second-order valence-corrected chi connectivity index (χ2v) is 7.83. The maximum Gasteiger partial charge on any atom is 0.252 e. The molecule has 1 aromatic carbocycles. The predicted octanol–water partition coefficient (Wildman–Crippen LogP) is 2.69. The van der Waals surface area contributed by atoms with Crippen LogP contribution in [0.3, 0.4) is 0 Å². The van der Waals surface area contributed by atoms with Gasteiger partial charge >= 0.3 is 0 Å². The second-order valence-electron chi connectivity index (χ2n) is 7.83. The van der Waals surface area contributed by atoms with Crippen LogP contribution >= 0.6 is 0 Å². The van der Waals surface area contributed by atoms with Crippen molar-refractivity contribution in [3.63, 3.8) is 0 Å². The van der Waals surface area contributed by atoms with E-state index in [9.17, 15) is 5.11 Å². The monoisotopic (exact) mass is 405 g/mol. The van der Waals surface area contributed by atoms with Gasteiger partial charge in [0, 0.05) is 12.3 Å². The SMILES string of the molecule is COc1cc(-c2ccc(-c3ncc(OC4C[C@H]5CNC[C@H]5C4)nn3)c(O)c2)ccn1. The molecule has 154 valence electrons. The van der Waals surface area contributed by atoms with E-state index in [0.717, 1.165) is 37.1 Å². The van der Waals surface area contributed by atoms with E-state index >= 15 is 0 Å². The zero-order valence-electron chi connectivity index (χ0n) is 16.7. The van der Waals surface area contributed by atoms with Gasteiger partial charge in [-0.05, 0) is 67.1 Å². The van der Waals surface area contributed by atoms with Crippen LogP contribution in [-0.2, 0) is 0 Å². The molecule has 1 aliphatic heterocycles. The molecule has 1 unspecified atom stereocenters. The number of phenols is 1. The van der Waals surface area contributed by atoms with Crippen molar-refractivity contribution in [3.05, 3.63) is 42.7 Å². The first-order valence-corrected chi connectivity index (χ1v) is 10.1. The van der Waals surface area contributed by atoms with Gasteiger partial charge in [-0.25, -0.2) is 9.97 Å². The Morgan fingerprint density at radius 2 is 1.77 bits per heavy atom. The van der Waals surface area contributed by atoms with E-state index in [1.807, 2.05) is 18.2 Å². The Bertz CT molecular complexity index is 1030. The summed E-state index contributed by atoms with van der Waals surface area (Å²) < 4.78 is 11.2. The first kappa shape index (κ1) is 18.7. The fourth-order valence-electron chi connectivity index (χ4n) is 4.42. The van der Waals surface area contributed by atoms with Crippen LogP contribution in [0.2, 0.25) is 0 Å². The van der Waals surface area contributed by atoms with Crippen molar-refractivity contribution in [1.29, 1.82) is 0 Å². The average molecular weight is 405 g/mol. The summed E-state index contributed by atoms with van der Waals surface area (Å²) >= 11 is 0. The van der Waals surface area contributed by atoms with Crippen LogP contribution in [0.4, 0.5) is 0 Å². The van der Waals surface area contributed by atoms with Crippen LogP contribution < -0.4 is 14.8 Å². The number of pyridine rings is 1. The molecule has 3 aromatic rings. The number of phenolic OH excluding ortho intramolecular Hbond substituents is 1. The number of methoxy groups -OCH3 is 1. The quantitative estimate of drug-likeness (QED) is 0.668. The number of benzene rings is 1. The van der Waals surface area contributed by atoms with Gasteiger partial charge in [0.25, 0.3) is 5.88 Å². The van der Waals surface area contributed by atoms with E-state index < -0.39 is 0 Å². The van der Waals surface area contributed by atoms with Gasteiger partial charge in [0.05, 0.1) is 18.9 Å². The van der Waals surface area contributed by atoms with Gasteiger partial charge in [0.2, 0.25) is 5.88 Å². The largest absolute Gasteiger partial charge is 0.507 e. The Hall–Kier alpha value is -3.26. The van der Waals surface area contributed by atoms with Crippen LogP contribution in [0.25, 0.3) is 22.5 Å². The van der Waals surface area contributed by atoms with Gasteiger partial charge < -0.3 is 19.9 Å². The molecule has 0 spiro atoms. The fourth-order valence-corrected chi connectivity index (χ4v) is 4.42. The second kappa shape index (κ2) is 7.87. The molecule has 2 N–H and O–H groups in total. The predicted molar refractivity (Wildman–Crippen MR) is 110 cm³/mol. The maximum atomic E-state index is 10.5. The number of aromatic nitrogens is 4. The van der Waals surface area contributed by atoms with E-state index in [1.165, 1.54) is 0 Å². The van der Waals surface area contributed by atoms with Gasteiger partial charge in [-0.2, -0.15) is 0 Å². The van der Waals surface area contributed by atoms with Crippen LogP contribution in [0.5, 0.6) is 17.5 Å². The lowest BCUT2D eigenvalue weighted by atomic mass is 10.0. The number of nitrogens with zero attached hydrogens (tertiary/aromatic N) is 4. The summed E-state index contributed by atoms with van der Waals surface area (Å²) in [6.45, 7) is 2.16. The molecule has 8 nitrogen and oxygen atoms in total. The number of rotatable bonds is 5. The lowest BCUT2D eigenvalue weighted by Crippen LogP contribution is -2.19. The normalized spacial score (nSPS) is 22.6. The Morgan fingerprint density at radius 1 is 0.967 bits per heavy atom. The minimum absolute atomic E-state index is 0.0786. The molecule has 8 heteroatoms. The van der Waals surface area contributed by atoms with Crippen molar-refractivity contribution in [2.75, 3.05) is 20.2 Å². The van der Waals surface area contributed by atoms with Gasteiger partial charge in [0.1, 0.15) is 11.9 Å². The Morgan fingerprint density at radius 3 is 2.47 bits per heavy atom. The molecule has 2 fully saturated rings. The fraction of sp³-hybridized carbons (Fsp3) is 0.364. The smallest absolute Gasteiger partial charge is 0.252 e. The van der Waals surface area contributed by atoms with Crippen LogP contribution in [0, 0.1) is 11.8 Å². The highest BCUT2D eigenvalue weighted by Gasteiger charge is 2.38. The highest BCUT2D eigenvalue weighted by Crippen LogP contribution is 2.36. The van der Waals surface area contributed by atoms with Crippen molar-refractivity contribution in [2.45, 2.75) is 18.9 Å². The van der Waals surface area contributed by atoms with E-state index in [4.69, 9.17) is 9.47 Å². The number of hydrogen-bond acceptors (Lipinski definition) is 8. The van der Waals surface area contributed by atoms with Gasteiger partial charge in [0.15, 0.2) is 5.82 Å². The Labute approximate surface area is 174 Å². The number of nitrogens with one attached hydrogen (secondary N) is 1. The molecule has 30 heavy (non-hydrogen) atoms. The molecule has 1 saturated heterocycles. The summed E-state index contributed by atoms with van der Waals surface area (Å²) in [4.78, 5) is 8.46. The van der Waals surface area contributed by atoms with Crippen molar-refractivity contribution < 1.29 is 14.6 Å². The van der Waals surface area contributed by atoms with Crippen LogP contribution in [-0.4, -0.2) is 51.6 Å². The molecule has 1 saturated carbocycles. The average Bonchev–Trinajstić information content (AvgIpc) is 3.36. The zero-order chi connectivity index (χ0) is 20.5. The lowest BCUT2D eigenvalue weighted by Gasteiger charge is -2.13. The minimum atomic E-state index is 0.0786. The van der Waals surface area contributed by atoms with Crippen molar-refractivity contribution >= 4 is 0 Å². The number of aromatic hydroxyl groups is 1. The molecule has 0 bridgehead atoms. The molecule has 0 radical (unpaired) electrons. The molecular formula is C22H23N5O3. The molecular weight excluding hydrogens is 382 g/mol. The van der Waals surface area contributed by atoms with Gasteiger partial charge in [-0.15, -0.1) is 10.2 Å². The minimum Gasteiger partial charge on any atom is -0.507 e. The van der Waals surface area contributed by atoms with Gasteiger partial charge in [-0.3, -0.25) is 0 Å². The Kier molecular flexibility index (Phi) is 4.92. The summed E-state index contributed by atoms with van der Waals surface area (Å²) in [6.07, 6.45) is 5.51. The van der Waals surface area contributed by atoms with Crippen molar-refractivity contribution in [1.82, 2.24) is 25.5 Å². The van der Waals surface area contributed by atoms with E-state index in [1.54, 1.807) is 31.6 Å². The summed E-state index contributed by atoms with van der Waals surface area (Å²) in [5, 5.41) is 22.3. The summed E-state index contributed by atoms with van der Waals surface area (Å²) in [7, 11) is 1.57. The Balaban J connectivity index is 1.30. The number of ether oxygens (including phenoxy) is 2. The van der Waals surface area contributed by atoms with E-state index in [-0.39, 0.29) is 11.9 Å². The molecule has 0 amide bonds. The number of hydrogen-bond donors (Lipinski definition) is 2. The first-order valence-electron chi connectivity index (χ1n) is 10.1. The summed E-state index contributed by atoms with van der Waals surface area (Å²) in [5.74, 6) is 2.77. The number of fused-ring (bicyclic) bond motifs is 1. The molecule has 2 aromatic heterocycles. The molecule has 3 heterocycles.